The first kappa shape index (κ1) is 19.3. The maximum atomic E-state index is 15.0. The van der Waals surface area contributed by atoms with E-state index in [1.54, 1.807) is 0 Å². The van der Waals surface area contributed by atoms with E-state index in [1.807, 2.05) is 22.6 Å². The summed E-state index contributed by atoms with van der Waals surface area (Å²) in [7, 11) is 2.85. The number of rotatable bonds is 3. The molecule has 146 valence electrons. The highest BCUT2D eigenvalue weighted by Crippen LogP contribution is 2.33. The van der Waals surface area contributed by atoms with Crippen LogP contribution in [0.1, 0.15) is 0 Å². The van der Waals surface area contributed by atoms with Crippen molar-refractivity contribution in [1.29, 1.82) is 0 Å². The molecule has 0 radical (unpaired) electrons. The minimum Gasteiger partial charge on any atom is -0.573 e. The molecule has 0 N–H and O–H groups in total. The number of imidazole rings is 1. The third-order valence-corrected chi connectivity index (χ3v) is 5.97. The van der Waals surface area contributed by atoms with Crippen LogP contribution in [-0.4, -0.2) is 36.5 Å². The zero-order valence-corrected chi connectivity index (χ0v) is 17.2. The van der Waals surface area contributed by atoms with Gasteiger partial charge in [-0.15, -0.1) is 4.31 Å². The number of hydrogen-bond acceptors (Lipinski definition) is 5. The van der Waals surface area contributed by atoms with Crippen LogP contribution < -0.4 is 5.69 Å². The minimum absolute atomic E-state index is 0.272. The summed E-state index contributed by atoms with van der Waals surface area (Å²) in [6.07, 6.45) is 0.878. The summed E-state index contributed by atoms with van der Waals surface area (Å²) in [6, 6.07) is 3.89. The summed E-state index contributed by atoms with van der Waals surface area (Å²) in [6.45, 7) is 0. The smallest absolute Gasteiger partial charge is 0.377 e. The number of halogens is 4. The summed E-state index contributed by atoms with van der Waals surface area (Å²) in [5.74, 6) is -3.62. The van der Waals surface area contributed by atoms with Crippen molar-refractivity contribution >= 4 is 56.3 Å². The normalized spacial score (nSPS) is 13.1. The summed E-state index contributed by atoms with van der Waals surface area (Å²) in [5, 5.41) is 0. The second-order valence-electron chi connectivity index (χ2n) is 5.91. The van der Waals surface area contributed by atoms with Gasteiger partial charge in [0.15, 0.2) is 46.2 Å². The van der Waals surface area contributed by atoms with E-state index in [-0.39, 0.29) is 16.8 Å². The van der Waals surface area contributed by atoms with E-state index in [0.29, 0.717) is 12.1 Å². The molecule has 0 aliphatic rings. The van der Waals surface area contributed by atoms with Gasteiger partial charge in [-0.1, -0.05) is 3.97 Å². The highest BCUT2D eigenvalue weighted by molar-refractivity contribution is 14.1. The van der Waals surface area contributed by atoms with Gasteiger partial charge in [-0.05, 0) is 40.8 Å². The Labute approximate surface area is 171 Å². The van der Waals surface area contributed by atoms with Crippen molar-refractivity contribution in [3.63, 3.8) is 0 Å². The molecule has 0 aliphatic heterocycles. The number of hydrogen-bond donors (Lipinski definition) is 0. The second kappa shape index (κ2) is 6.79. The largest absolute Gasteiger partial charge is 0.573 e. The van der Waals surface area contributed by atoms with Crippen LogP contribution in [0.3, 0.4) is 0 Å². The number of oxazole rings is 1. The predicted molar refractivity (Wildman–Crippen MR) is 105 cm³/mol. The Bertz CT molecular complexity index is 1300. The number of nitrogens with zero attached hydrogens (tertiary/aromatic N) is 4. The van der Waals surface area contributed by atoms with E-state index in [2.05, 4.69) is 4.98 Å². The van der Waals surface area contributed by atoms with E-state index in [0.717, 1.165) is 12.5 Å². The number of aromatic nitrogens is 3. The van der Waals surface area contributed by atoms with E-state index in [9.17, 15) is 22.5 Å². The summed E-state index contributed by atoms with van der Waals surface area (Å²) < 4.78 is 65.0. The maximum Gasteiger partial charge on any atom is 0.377 e. The molecule has 0 bridgehead atoms. The molecule has 4 rings (SSSR count). The van der Waals surface area contributed by atoms with Crippen molar-refractivity contribution in [2.75, 3.05) is 14.1 Å². The van der Waals surface area contributed by atoms with Gasteiger partial charge in [0.2, 0.25) is 0 Å². The minimum atomic E-state index is -2.12. The van der Waals surface area contributed by atoms with Gasteiger partial charge in [-0.3, -0.25) is 4.57 Å². The number of fused-ring (bicyclic) bond motifs is 3. The predicted octanol–water partition coefficient (Wildman–Crippen LogP) is 2.94. The molecular weight excluding hydrogens is 512 g/mol. The van der Waals surface area contributed by atoms with Gasteiger partial charge in [0, 0.05) is 17.7 Å². The van der Waals surface area contributed by atoms with Crippen LogP contribution in [0.25, 0.3) is 27.8 Å². The second-order valence-corrected chi connectivity index (χ2v) is 8.71. The molecule has 0 saturated heterocycles. The van der Waals surface area contributed by atoms with Crippen LogP contribution in [0.4, 0.5) is 13.2 Å². The SMILES string of the molecule is CN(C)[S+]([O-])n1c(=O)n(-c2ccc(I)cc2F)c2c(F)c(F)c3ncoc3c21. The molecular formula is C16H10F3IN4O3S. The standard InChI is InChI=1S/C16H10F3IN4O3S/c1-22(2)28(26)24-14-13(11(19)10(18)12-15(14)27-6-21-12)23(16(24)25)9-4-3-7(20)5-8(9)17/h3-6H,1-2H3. The molecule has 28 heavy (non-hydrogen) atoms. The van der Waals surface area contributed by atoms with Crippen LogP contribution >= 0.6 is 22.6 Å². The lowest BCUT2D eigenvalue weighted by Crippen LogP contribution is -2.36. The Balaban J connectivity index is 2.28. The summed E-state index contributed by atoms with van der Waals surface area (Å²) >= 11 is -0.254. The van der Waals surface area contributed by atoms with Gasteiger partial charge in [0.1, 0.15) is 11.3 Å². The third kappa shape index (κ3) is 2.66. The fourth-order valence-corrected chi connectivity index (χ4v) is 4.18. The van der Waals surface area contributed by atoms with Crippen LogP contribution in [0, 0.1) is 21.0 Å². The van der Waals surface area contributed by atoms with Crippen molar-refractivity contribution in [3.8, 4) is 5.69 Å². The molecule has 0 saturated carbocycles. The highest BCUT2D eigenvalue weighted by atomic mass is 127. The molecule has 4 aromatic rings. The molecule has 2 aromatic carbocycles. The maximum absolute atomic E-state index is 15.0. The molecule has 1 atom stereocenters. The van der Waals surface area contributed by atoms with Crippen molar-refractivity contribution in [1.82, 2.24) is 17.8 Å². The molecule has 0 amide bonds. The van der Waals surface area contributed by atoms with Gasteiger partial charge in [-0.2, -0.15) is 0 Å². The Hall–Kier alpha value is -2.03. The van der Waals surface area contributed by atoms with Crippen molar-refractivity contribution in [2.45, 2.75) is 0 Å². The molecule has 7 nitrogen and oxygen atoms in total. The Kier molecular flexibility index (Phi) is 4.68. The first-order valence-electron chi connectivity index (χ1n) is 7.66. The third-order valence-electron chi connectivity index (χ3n) is 4.03. The molecule has 0 fully saturated rings. The van der Waals surface area contributed by atoms with Crippen LogP contribution in [-0.2, 0) is 11.5 Å². The molecule has 0 aliphatic carbocycles. The van der Waals surface area contributed by atoms with E-state index in [4.69, 9.17) is 4.42 Å². The molecule has 1 unspecified atom stereocenters. The first-order valence-corrected chi connectivity index (χ1v) is 9.81. The van der Waals surface area contributed by atoms with E-state index < -0.39 is 45.7 Å². The average Bonchev–Trinajstić information content (AvgIpc) is 3.22. The molecule has 0 spiro atoms. The van der Waals surface area contributed by atoms with Gasteiger partial charge >= 0.3 is 5.69 Å². The summed E-state index contributed by atoms with van der Waals surface area (Å²) in [5.41, 5.74) is -2.96. The summed E-state index contributed by atoms with van der Waals surface area (Å²) in [4.78, 5) is 16.7. The lowest BCUT2D eigenvalue weighted by Gasteiger charge is -2.14. The van der Waals surface area contributed by atoms with E-state index >= 15 is 0 Å². The highest BCUT2D eigenvalue weighted by Gasteiger charge is 2.33. The van der Waals surface area contributed by atoms with Crippen molar-refractivity contribution < 1.29 is 22.1 Å². The zero-order chi connectivity index (χ0) is 20.3. The average molecular weight is 522 g/mol. The van der Waals surface area contributed by atoms with Gasteiger partial charge in [0.25, 0.3) is 0 Å². The number of benzene rings is 2. The fourth-order valence-electron chi connectivity index (χ4n) is 2.86. The van der Waals surface area contributed by atoms with E-state index in [1.165, 1.54) is 30.5 Å². The van der Waals surface area contributed by atoms with Crippen molar-refractivity contribution in [2.24, 2.45) is 0 Å². The van der Waals surface area contributed by atoms with Crippen LogP contribution in [0.5, 0.6) is 0 Å². The van der Waals surface area contributed by atoms with Gasteiger partial charge in [-0.25, -0.2) is 22.9 Å². The lowest BCUT2D eigenvalue weighted by molar-refractivity contribution is 0.509. The van der Waals surface area contributed by atoms with Crippen LogP contribution in [0.15, 0.2) is 33.8 Å². The fraction of sp³-hybridized carbons (Fsp3) is 0.125. The topological polar surface area (TPSA) is 79.3 Å². The Morgan fingerprint density at radius 1 is 1.21 bits per heavy atom. The molecule has 12 heteroatoms. The lowest BCUT2D eigenvalue weighted by atomic mass is 10.2. The van der Waals surface area contributed by atoms with Crippen molar-refractivity contribution in [3.05, 3.63) is 56.1 Å². The van der Waals surface area contributed by atoms with Gasteiger partial charge < -0.3 is 8.97 Å². The molecule has 2 heterocycles. The first-order chi connectivity index (χ1) is 13.2. The zero-order valence-electron chi connectivity index (χ0n) is 14.2. The Morgan fingerprint density at radius 2 is 1.93 bits per heavy atom. The Morgan fingerprint density at radius 3 is 2.57 bits per heavy atom. The molecule has 2 aromatic heterocycles. The quantitative estimate of drug-likeness (QED) is 0.306. The van der Waals surface area contributed by atoms with Crippen LogP contribution in [0.2, 0.25) is 0 Å². The van der Waals surface area contributed by atoms with Gasteiger partial charge in [0.05, 0.1) is 5.69 Å². The monoisotopic (exact) mass is 522 g/mol.